The smallest absolute Gasteiger partial charge is 0.264 e. The number of carbonyl (C=O) groups is 2. The molecule has 0 radical (unpaired) electrons. The highest BCUT2D eigenvalue weighted by atomic mass is 32.2. The van der Waals surface area contributed by atoms with Crippen LogP contribution in [-0.2, 0) is 26.0 Å². The number of rotatable bonds is 13. The fourth-order valence-electron chi connectivity index (χ4n) is 4.19. The van der Waals surface area contributed by atoms with Crippen LogP contribution < -0.4 is 14.4 Å². The van der Waals surface area contributed by atoms with Gasteiger partial charge in [0, 0.05) is 13.1 Å². The standard InChI is InChI=1S/C30H37N3O5S/c1-5-19-31-30(35)24(3)32(20-18-25-12-8-6-9-13-25)29(34)22-33(27-21-23(2)16-17-28(27)38-4)39(36,37)26-14-10-7-11-15-26/h6-17,21,24H,5,18-20,22H2,1-4H3,(H,31,35). The van der Waals surface area contributed by atoms with Gasteiger partial charge in [0.25, 0.3) is 10.0 Å². The first kappa shape index (κ1) is 29.7. The van der Waals surface area contributed by atoms with Crippen LogP contribution in [0.5, 0.6) is 5.75 Å². The summed E-state index contributed by atoms with van der Waals surface area (Å²) in [6.07, 6.45) is 1.27. The predicted octanol–water partition coefficient (Wildman–Crippen LogP) is 4.18. The number of anilines is 1. The van der Waals surface area contributed by atoms with Crippen LogP contribution in [0.25, 0.3) is 0 Å². The van der Waals surface area contributed by atoms with Crippen LogP contribution in [0, 0.1) is 6.92 Å². The molecular weight excluding hydrogens is 514 g/mol. The number of amides is 2. The van der Waals surface area contributed by atoms with Gasteiger partial charge in [0.2, 0.25) is 11.8 Å². The van der Waals surface area contributed by atoms with E-state index in [1.807, 2.05) is 50.2 Å². The molecule has 0 fully saturated rings. The molecule has 0 aliphatic rings. The van der Waals surface area contributed by atoms with Gasteiger partial charge in [-0.05, 0) is 62.1 Å². The monoisotopic (exact) mass is 551 g/mol. The Hall–Kier alpha value is -3.85. The predicted molar refractivity (Wildman–Crippen MR) is 153 cm³/mol. The largest absolute Gasteiger partial charge is 0.495 e. The first-order chi connectivity index (χ1) is 18.7. The van der Waals surface area contributed by atoms with Crippen molar-refractivity contribution in [3.05, 3.63) is 90.0 Å². The number of nitrogens with one attached hydrogen (secondary N) is 1. The summed E-state index contributed by atoms with van der Waals surface area (Å²) in [6, 6.07) is 22.0. The van der Waals surface area contributed by atoms with Crippen LogP contribution >= 0.6 is 0 Å². The van der Waals surface area contributed by atoms with E-state index in [2.05, 4.69) is 5.32 Å². The van der Waals surface area contributed by atoms with Crippen LogP contribution in [0.1, 0.15) is 31.4 Å². The quantitative estimate of drug-likeness (QED) is 0.344. The van der Waals surface area contributed by atoms with Gasteiger partial charge in [-0.1, -0.05) is 61.5 Å². The maximum Gasteiger partial charge on any atom is 0.264 e. The molecule has 0 saturated carbocycles. The Bertz CT molecular complexity index is 1350. The number of carbonyl (C=O) groups excluding carboxylic acids is 2. The maximum absolute atomic E-state index is 13.9. The van der Waals surface area contributed by atoms with E-state index in [9.17, 15) is 18.0 Å². The van der Waals surface area contributed by atoms with Gasteiger partial charge in [0.1, 0.15) is 18.3 Å². The number of hydrogen-bond donors (Lipinski definition) is 1. The molecule has 0 spiro atoms. The summed E-state index contributed by atoms with van der Waals surface area (Å²) in [5.74, 6) is -0.463. The molecule has 0 bridgehead atoms. The number of nitrogens with zero attached hydrogens (tertiary/aromatic N) is 2. The molecule has 9 heteroatoms. The molecule has 0 aromatic heterocycles. The van der Waals surface area contributed by atoms with Gasteiger partial charge in [-0.2, -0.15) is 0 Å². The molecule has 3 aromatic rings. The topological polar surface area (TPSA) is 96.0 Å². The maximum atomic E-state index is 13.9. The van der Waals surface area contributed by atoms with Gasteiger partial charge in [0.15, 0.2) is 0 Å². The van der Waals surface area contributed by atoms with Gasteiger partial charge in [-0.3, -0.25) is 13.9 Å². The molecule has 39 heavy (non-hydrogen) atoms. The zero-order valence-corrected chi connectivity index (χ0v) is 23.8. The summed E-state index contributed by atoms with van der Waals surface area (Å²) in [5, 5.41) is 2.85. The van der Waals surface area contributed by atoms with Crippen molar-refractivity contribution in [2.45, 2.75) is 44.6 Å². The van der Waals surface area contributed by atoms with Gasteiger partial charge in [0.05, 0.1) is 17.7 Å². The minimum absolute atomic E-state index is 0.0472. The van der Waals surface area contributed by atoms with Gasteiger partial charge in [-0.15, -0.1) is 0 Å². The van der Waals surface area contributed by atoms with Crippen LogP contribution in [-0.4, -0.2) is 57.9 Å². The zero-order valence-electron chi connectivity index (χ0n) is 23.0. The lowest BCUT2D eigenvalue weighted by Gasteiger charge is -2.32. The Morgan fingerprint density at radius 3 is 2.23 bits per heavy atom. The number of methoxy groups -OCH3 is 1. The third-order valence-electron chi connectivity index (χ3n) is 6.41. The number of benzene rings is 3. The SMILES string of the molecule is CCCNC(=O)C(C)N(CCc1ccccc1)C(=O)CN(c1cc(C)ccc1OC)S(=O)(=O)c1ccccc1. The van der Waals surface area contributed by atoms with Crippen molar-refractivity contribution in [2.75, 3.05) is 31.0 Å². The highest BCUT2D eigenvalue weighted by molar-refractivity contribution is 7.92. The highest BCUT2D eigenvalue weighted by Gasteiger charge is 2.33. The molecule has 0 aliphatic carbocycles. The zero-order chi connectivity index (χ0) is 28.4. The Morgan fingerprint density at radius 1 is 0.974 bits per heavy atom. The van der Waals surface area contributed by atoms with E-state index in [4.69, 9.17) is 4.74 Å². The van der Waals surface area contributed by atoms with Crippen molar-refractivity contribution in [2.24, 2.45) is 0 Å². The van der Waals surface area contributed by atoms with Gasteiger partial charge in [-0.25, -0.2) is 8.42 Å². The molecule has 1 N–H and O–H groups in total. The van der Waals surface area contributed by atoms with E-state index in [-0.39, 0.29) is 23.0 Å². The van der Waals surface area contributed by atoms with Crippen LogP contribution in [0.15, 0.2) is 83.8 Å². The Kier molecular flexibility index (Phi) is 10.5. The van der Waals surface area contributed by atoms with Crippen LogP contribution in [0.2, 0.25) is 0 Å². The molecule has 2 amide bonds. The lowest BCUT2D eigenvalue weighted by molar-refractivity contribution is -0.138. The molecule has 3 rings (SSSR count). The third-order valence-corrected chi connectivity index (χ3v) is 8.19. The summed E-state index contributed by atoms with van der Waals surface area (Å²) >= 11 is 0. The van der Waals surface area contributed by atoms with E-state index in [0.29, 0.717) is 18.7 Å². The van der Waals surface area contributed by atoms with Gasteiger partial charge >= 0.3 is 0 Å². The molecule has 208 valence electrons. The first-order valence-corrected chi connectivity index (χ1v) is 14.5. The minimum atomic E-state index is -4.15. The molecule has 0 aliphatic heterocycles. The van der Waals surface area contributed by atoms with E-state index in [0.717, 1.165) is 21.9 Å². The normalized spacial score (nSPS) is 11.9. The summed E-state index contributed by atoms with van der Waals surface area (Å²) in [6.45, 7) is 5.68. The molecule has 0 heterocycles. The molecule has 8 nitrogen and oxygen atoms in total. The molecule has 3 aromatic carbocycles. The second kappa shape index (κ2) is 13.8. The summed E-state index contributed by atoms with van der Waals surface area (Å²) in [4.78, 5) is 28.4. The van der Waals surface area contributed by atoms with E-state index < -0.39 is 28.5 Å². The second-order valence-corrected chi connectivity index (χ2v) is 11.2. The number of aryl methyl sites for hydroxylation is 1. The van der Waals surface area contributed by atoms with E-state index in [1.54, 1.807) is 37.3 Å². The van der Waals surface area contributed by atoms with Crippen molar-refractivity contribution in [3.63, 3.8) is 0 Å². The average Bonchev–Trinajstić information content (AvgIpc) is 2.95. The van der Waals surface area contributed by atoms with Gasteiger partial charge < -0.3 is 15.0 Å². The van der Waals surface area contributed by atoms with Crippen molar-refractivity contribution in [1.82, 2.24) is 10.2 Å². The van der Waals surface area contributed by atoms with Crippen molar-refractivity contribution < 1.29 is 22.7 Å². The molecule has 1 unspecified atom stereocenters. The summed E-state index contributed by atoms with van der Waals surface area (Å²) in [7, 11) is -2.70. The second-order valence-electron chi connectivity index (χ2n) is 9.29. The average molecular weight is 552 g/mol. The van der Waals surface area contributed by atoms with E-state index in [1.165, 1.54) is 24.1 Å². The van der Waals surface area contributed by atoms with E-state index >= 15 is 0 Å². The third kappa shape index (κ3) is 7.60. The van der Waals surface area contributed by atoms with Crippen LogP contribution in [0.4, 0.5) is 5.69 Å². The first-order valence-electron chi connectivity index (χ1n) is 13.0. The van der Waals surface area contributed by atoms with Crippen molar-refractivity contribution in [3.8, 4) is 5.75 Å². The Labute approximate surface area is 231 Å². The highest BCUT2D eigenvalue weighted by Crippen LogP contribution is 2.33. The Morgan fingerprint density at radius 2 is 1.62 bits per heavy atom. The number of hydrogen-bond acceptors (Lipinski definition) is 5. The minimum Gasteiger partial charge on any atom is -0.495 e. The lowest BCUT2D eigenvalue weighted by atomic mass is 10.1. The number of sulfonamides is 1. The fourth-order valence-corrected chi connectivity index (χ4v) is 5.63. The molecular formula is C30H37N3O5S. The fraction of sp³-hybridized carbons (Fsp3) is 0.333. The molecule has 1 atom stereocenters. The molecule has 0 saturated heterocycles. The summed E-state index contributed by atoms with van der Waals surface area (Å²) in [5.41, 5.74) is 2.06. The Balaban J connectivity index is 2.02. The number of ether oxygens (including phenoxy) is 1. The van der Waals surface area contributed by atoms with Crippen molar-refractivity contribution in [1.29, 1.82) is 0 Å². The summed E-state index contributed by atoms with van der Waals surface area (Å²) < 4.78 is 34.4. The van der Waals surface area contributed by atoms with Crippen LogP contribution in [0.3, 0.4) is 0 Å². The lowest BCUT2D eigenvalue weighted by Crippen LogP contribution is -2.52. The van der Waals surface area contributed by atoms with Crippen molar-refractivity contribution >= 4 is 27.5 Å².